The first-order chi connectivity index (χ1) is 7.10. The van der Waals surface area contributed by atoms with Crippen LogP contribution in [0, 0.1) is 5.82 Å². The number of carbonyl (C=O) groups is 2. The van der Waals surface area contributed by atoms with E-state index in [2.05, 4.69) is 14.5 Å². The van der Waals surface area contributed by atoms with E-state index in [1.54, 1.807) is 0 Å². The zero-order valence-corrected chi connectivity index (χ0v) is 8.11. The van der Waals surface area contributed by atoms with Crippen molar-refractivity contribution in [2.75, 3.05) is 14.2 Å². The van der Waals surface area contributed by atoms with Gasteiger partial charge in [0.2, 0.25) is 0 Å². The topological polar surface area (TPSA) is 65.5 Å². The molecule has 15 heavy (non-hydrogen) atoms. The molecule has 0 aromatic carbocycles. The van der Waals surface area contributed by atoms with Gasteiger partial charge in [0, 0.05) is 0 Å². The second kappa shape index (κ2) is 4.50. The number of halogens is 1. The molecule has 0 fully saturated rings. The number of rotatable bonds is 2. The molecular formula is C9H8FNO4. The molecule has 0 aliphatic carbocycles. The smallest absolute Gasteiger partial charge is 0.359 e. The Morgan fingerprint density at radius 3 is 2.33 bits per heavy atom. The van der Waals surface area contributed by atoms with E-state index in [9.17, 15) is 14.0 Å². The molecule has 0 saturated heterocycles. The number of ether oxygens (including phenoxy) is 2. The summed E-state index contributed by atoms with van der Waals surface area (Å²) in [7, 11) is 2.25. The van der Waals surface area contributed by atoms with E-state index in [0.29, 0.717) is 0 Å². The van der Waals surface area contributed by atoms with Crippen LogP contribution in [0.3, 0.4) is 0 Å². The molecule has 0 unspecified atom stereocenters. The van der Waals surface area contributed by atoms with E-state index in [4.69, 9.17) is 0 Å². The molecule has 6 heteroatoms. The Hall–Kier alpha value is -1.98. The van der Waals surface area contributed by atoms with E-state index in [-0.39, 0.29) is 5.69 Å². The number of pyridine rings is 1. The number of methoxy groups -OCH3 is 2. The minimum absolute atomic E-state index is 0.153. The molecule has 1 rings (SSSR count). The standard InChI is InChI=1S/C9H8FNO4/c1-14-8(12)6-4-3-5(10)7(11-6)9(13)15-2/h3-4H,1-2H3. The molecule has 0 aliphatic heterocycles. The van der Waals surface area contributed by atoms with Crippen LogP contribution in [0.4, 0.5) is 4.39 Å². The molecule has 0 radical (unpaired) electrons. The Morgan fingerprint density at radius 2 is 1.80 bits per heavy atom. The van der Waals surface area contributed by atoms with Gasteiger partial charge in [-0.1, -0.05) is 0 Å². The van der Waals surface area contributed by atoms with Crippen molar-refractivity contribution in [2.24, 2.45) is 0 Å². The zero-order chi connectivity index (χ0) is 11.4. The fourth-order valence-electron chi connectivity index (χ4n) is 0.900. The van der Waals surface area contributed by atoms with Crippen LogP contribution in [-0.4, -0.2) is 31.1 Å². The average molecular weight is 213 g/mol. The predicted octanol–water partition coefficient (Wildman–Crippen LogP) is 0.794. The molecule has 0 saturated carbocycles. The molecule has 80 valence electrons. The summed E-state index contributed by atoms with van der Waals surface area (Å²) in [6.07, 6.45) is 0. The van der Waals surface area contributed by atoms with Crippen molar-refractivity contribution in [3.63, 3.8) is 0 Å². The molecule has 0 aliphatic rings. The van der Waals surface area contributed by atoms with Crippen LogP contribution in [0.15, 0.2) is 12.1 Å². The van der Waals surface area contributed by atoms with Crippen molar-refractivity contribution in [1.29, 1.82) is 0 Å². The van der Waals surface area contributed by atoms with Gasteiger partial charge in [-0.15, -0.1) is 0 Å². The van der Waals surface area contributed by atoms with Crippen molar-refractivity contribution in [1.82, 2.24) is 4.98 Å². The van der Waals surface area contributed by atoms with Crippen LogP contribution in [-0.2, 0) is 9.47 Å². The first kappa shape index (κ1) is 11.1. The third-order valence-corrected chi connectivity index (χ3v) is 1.62. The zero-order valence-electron chi connectivity index (χ0n) is 8.11. The highest BCUT2D eigenvalue weighted by Gasteiger charge is 2.17. The first-order valence-electron chi connectivity index (χ1n) is 3.93. The SMILES string of the molecule is COC(=O)c1ccc(F)c(C(=O)OC)n1. The third-order valence-electron chi connectivity index (χ3n) is 1.62. The fourth-order valence-corrected chi connectivity index (χ4v) is 0.900. The predicted molar refractivity (Wildman–Crippen MR) is 46.9 cm³/mol. The third kappa shape index (κ3) is 2.28. The van der Waals surface area contributed by atoms with Crippen LogP contribution in [0.25, 0.3) is 0 Å². The van der Waals surface area contributed by atoms with Crippen LogP contribution in [0.1, 0.15) is 21.0 Å². The largest absolute Gasteiger partial charge is 0.464 e. The Balaban J connectivity index is 3.16. The lowest BCUT2D eigenvalue weighted by molar-refractivity contribution is 0.0581. The number of hydrogen-bond acceptors (Lipinski definition) is 5. The minimum atomic E-state index is -0.946. The summed E-state index contributed by atoms with van der Waals surface area (Å²) in [6, 6.07) is 2.07. The lowest BCUT2D eigenvalue weighted by atomic mass is 10.3. The summed E-state index contributed by atoms with van der Waals surface area (Å²) in [5.41, 5.74) is -0.695. The van der Waals surface area contributed by atoms with Gasteiger partial charge in [0.15, 0.2) is 11.5 Å². The maximum Gasteiger partial charge on any atom is 0.359 e. The van der Waals surface area contributed by atoms with E-state index >= 15 is 0 Å². The quantitative estimate of drug-likeness (QED) is 0.679. The van der Waals surface area contributed by atoms with E-state index in [0.717, 1.165) is 26.4 Å². The lowest BCUT2D eigenvalue weighted by Gasteiger charge is -2.02. The number of carbonyl (C=O) groups excluding carboxylic acids is 2. The molecule has 0 bridgehead atoms. The highest BCUT2D eigenvalue weighted by atomic mass is 19.1. The Bertz CT molecular complexity index is 405. The summed E-state index contributed by atoms with van der Waals surface area (Å²) < 4.78 is 21.7. The second-order valence-corrected chi connectivity index (χ2v) is 2.51. The molecule has 1 aromatic heterocycles. The molecule has 0 atom stereocenters. The highest BCUT2D eigenvalue weighted by Crippen LogP contribution is 2.08. The van der Waals surface area contributed by atoms with E-state index in [1.807, 2.05) is 0 Å². The van der Waals surface area contributed by atoms with Gasteiger partial charge >= 0.3 is 11.9 Å². The van der Waals surface area contributed by atoms with Gasteiger partial charge in [-0.05, 0) is 12.1 Å². The van der Waals surface area contributed by atoms with Gasteiger partial charge in [-0.2, -0.15) is 0 Å². The monoisotopic (exact) mass is 213 g/mol. The van der Waals surface area contributed by atoms with Crippen LogP contribution in [0.5, 0.6) is 0 Å². The summed E-state index contributed by atoms with van der Waals surface area (Å²) in [5.74, 6) is -2.55. The number of aromatic nitrogens is 1. The van der Waals surface area contributed by atoms with Crippen molar-refractivity contribution in [3.05, 3.63) is 29.3 Å². The van der Waals surface area contributed by atoms with E-state index < -0.39 is 23.4 Å². The Kier molecular flexibility index (Phi) is 3.33. The average Bonchev–Trinajstić information content (AvgIpc) is 2.27. The van der Waals surface area contributed by atoms with Crippen LogP contribution >= 0.6 is 0 Å². The molecule has 0 spiro atoms. The molecular weight excluding hydrogens is 205 g/mol. The number of hydrogen-bond donors (Lipinski definition) is 0. The molecule has 0 N–H and O–H groups in total. The maximum atomic E-state index is 13.1. The van der Waals surface area contributed by atoms with Crippen molar-refractivity contribution < 1.29 is 23.5 Å². The van der Waals surface area contributed by atoms with E-state index in [1.165, 1.54) is 0 Å². The molecule has 1 aromatic rings. The first-order valence-corrected chi connectivity index (χ1v) is 3.93. The van der Waals surface area contributed by atoms with Gasteiger partial charge in [-0.25, -0.2) is 19.0 Å². The lowest BCUT2D eigenvalue weighted by Crippen LogP contribution is -2.12. The van der Waals surface area contributed by atoms with Gasteiger partial charge in [0.1, 0.15) is 5.69 Å². The number of nitrogens with zero attached hydrogens (tertiary/aromatic N) is 1. The summed E-state index contributed by atoms with van der Waals surface area (Å²) in [6.45, 7) is 0. The van der Waals surface area contributed by atoms with Gasteiger partial charge in [0.05, 0.1) is 14.2 Å². The van der Waals surface area contributed by atoms with Gasteiger partial charge in [-0.3, -0.25) is 0 Å². The summed E-state index contributed by atoms with van der Waals surface area (Å²) in [4.78, 5) is 25.5. The van der Waals surface area contributed by atoms with Crippen LogP contribution < -0.4 is 0 Å². The summed E-state index contributed by atoms with van der Waals surface area (Å²) in [5, 5.41) is 0. The van der Waals surface area contributed by atoms with Crippen LogP contribution in [0.2, 0.25) is 0 Å². The minimum Gasteiger partial charge on any atom is -0.464 e. The highest BCUT2D eigenvalue weighted by molar-refractivity contribution is 5.91. The second-order valence-electron chi connectivity index (χ2n) is 2.51. The van der Waals surface area contributed by atoms with Crippen molar-refractivity contribution >= 4 is 11.9 Å². The van der Waals surface area contributed by atoms with Crippen molar-refractivity contribution in [2.45, 2.75) is 0 Å². The Morgan fingerprint density at radius 1 is 1.20 bits per heavy atom. The molecule has 0 amide bonds. The van der Waals surface area contributed by atoms with Crippen molar-refractivity contribution in [3.8, 4) is 0 Å². The molecule has 5 nitrogen and oxygen atoms in total. The van der Waals surface area contributed by atoms with Gasteiger partial charge < -0.3 is 9.47 Å². The Labute approximate surface area is 84.8 Å². The summed E-state index contributed by atoms with van der Waals surface area (Å²) >= 11 is 0. The fraction of sp³-hybridized carbons (Fsp3) is 0.222. The number of esters is 2. The maximum absolute atomic E-state index is 13.1. The van der Waals surface area contributed by atoms with Gasteiger partial charge in [0.25, 0.3) is 0 Å². The normalized spacial score (nSPS) is 9.53. The molecule has 1 heterocycles.